The Morgan fingerprint density at radius 2 is 1.57 bits per heavy atom. The monoisotopic (exact) mass is 435 g/mol. The van der Waals surface area contributed by atoms with Crippen LogP contribution in [-0.4, -0.2) is 11.7 Å². The van der Waals surface area contributed by atoms with Gasteiger partial charge in [-0.05, 0) is 54.1 Å². The molecule has 6 heteroatoms. The van der Waals surface area contributed by atoms with Gasteiger partial charge < -0.3 is 9.73 Å². The second kappa shape index (κ2) is 8.57. The van der Waals surface area contributed by atoms with E-state index in [1.54, 1.807) is 60.7 Å². The van der Waals surface area contributed by atoms with Crippen molar-refractivity contribution in [3.63, 3.8) is 0 Å². The number of carbonyl (C=O) groups excluding carboxylic acids is 2. The van der Waals surface area contributed by atoms with Crippen LogP contribution in [0.15, 0.2) is 83.3 Å². The number of fused-ring (bicyclic) bond motifs is 1. The average molecular weight is 436 g/mol. The third-order valence-corrected chi connectivity index (χ3v) is 5.07. The highest BCUT2D eigenvalue weighted by Crippen LogP contribution is 2.32. The number of amides is 1. The van der Waals surface area contributed by atoms with Gasteiger partial charge in [-0.15, -0.1) is 0 Å². The third-order valence-electron chi connectivity index (χ3n) is 4.48. The van der Waals surface area contributed by atoms with Gasteiger partial charge >= 0.3 is 0 Å². The van der Waals surface area contributed by atoms with Crippen molar-refractivity contribution in [2.24, 2.45) is 0 Å². The van der Waals surface area contributed by atoms with E-state index in [4.69, 9.17) is 27.6 Å². The number of anilines is 1. The summed E-state index contributed by atoms with van der Waals surface area (Å²) in [5.74, 6) is -0.710. The molecule has 1 amide bonds. The van der Waals surface area contributed by atoms with Crippen molar-refractivity contribution >= 4 is 57.6 Å². The van der Waals surface area contributed by atoms with Gasteiger partial charge in [-0.3, -0.25) is 9.59 Å². The van der Waals surface area contributed by atoms with Gasteiger partial charge in [0.25, 0.3) is 0 Å². The summed E-state index contributed by atoms with van der Waals surface area (Å²) in [4.78, 5) is 25.6. The Morgan fingerprint density at radius 3 is 2.33 bits per heavy atom. The molecular weight excluding hydrogens is 421 g/mol. The van der Waals surface area contributed by atoms with Gasteiger partial charge in [-0.1, -0.05) is 53.5 Å². The van der Waals surface area contributed by atoms with Crippen LogP contribution < -0.4 is 5.32 Å². The van der Waals surface area contributed by atoms with E-state index in [9.17, 15) is 9.59 Å². The van der Waals surface area contributed by atoms with Crippen molar-refractivity contribution in [3.05, 3.63) is 106 Å². The predicted molar refractivity (Wildman–Crippen MR) is 120 cm³/mol. The Labute approximate surface area is 182 Å². The van der Waals surface area contributed by atoms with E-state index in [1.165, 1.54) is 6.08 Å². The maximum Gasteiger partial charge on any atom is 0.248 e. The fourth-order valence-corrected chi connectivity index (χ4v) is 3.33. The van der Waals surface area contributed by atoms with Crippen LogP contribution in [0.1, 0.15) is 21.7 Å². The van der Waals surface area contributed by atoms with Crippen LogP contribution in [0.5, 0.6) is 0 Å². The number of rotatable bonds is 5. The second-order valence-electron chi connectivity index (χ2n) is 6.48. The first-order valence-corrected chi connectivity index (χ1v) is 9.84. The molecule has 0 aliphatic heterocycles. The first kappa shape index (κ1) is 20.0. The minimum absolute atomic E-state index is 0.0537. The lowest BCUT2D eigenvalue weighted by Crippen LogP contribution is -2.11. The van der Waals surface area contributed by atoms with Gasteiger partial charge in [0.05, 0.1) is 5.69 Å². The number of ketones is 1. The molecule has 0 aliphatic rings. The van der Waals surface area contributed by atoms with E-state index in [1.807, 2.05) is 18.2 Å². The minimum atomic E-state index is -0.411. The predicted octanol–water partition coefficient (Wildman–Crippen LogP) is 6.62. The second-order valence-corrected chi connectivity index (χ2v) is 7.33. The normalized spacial score (nSPS) is 11.1. The quantitative estimate of drug-likeness (QED) is 0.283. The zero-order chi connectivity index (χ0) is 21.1. The van der Waals surface area contributed by atoms with Crippen LogP contribution in [0.3, 0.4) is 0 Å². The van der Waals surface area contributed by atoms with Gasteiger partial charge in [0.15, 0.2) is 5.76 Å². The molecule has 0 aliphatic carbocycles. The molecule has 0 spiro atoms. The number of hydrogen-bond acceptors (Lipinski definition) is 3. The van der Waals surface area contributed by atoms with E-state index in [0.717, 1.165) is 0 Å². The minimum Gasteiger partial charge on any atom is -0.450 e. The summed E-state index contributed by atoms with van der Waals surface area (Å²) in [6.45, 7) is 0. The maximum atomic E-state index is 13.0. The highest BCUT2D eigenvalue weighted by atomic mass is 35.5. The van der Waals surface area contributed by atoms with Crippen LogP contribution in [0.25, 0.3) is 17.0 Å². The lowest BCUT2D eigenvalue weighted by atomic mass is 10.1. The van der Waals surface area contributed by atoms with Crippen LogP contribution in [0, 0.1) is 0 Å². The number of para-hydroxylation sites is 1. The highest BCUT2D eigenvalue weighted by Gasteiger charge is 2.23. The first-order valence-electron chi connectivity index (χ1n) is 9.08. The lowest BCUT2D eigenvalue weighted by Gasteiger charge is -2.04. The molecule has 1 aromatic heterocycles. The first-order chi connectivity index (χ1) is 14.5. The largest absolute Gasteiger partial charge is 0.450 e. The molecule has 3 aromatic carbocycles. The molecule has 1 heterocycles. The zero-order valence-corrected chi connectivity index (χ0v) is 17.1. The molecule has 148 valence electrons. The topological polar surface area (TPSA) is 59.3 Å². The molecule has 0 saturated carbocycles. The van der Waals surface area contributed by atoms with E-state index in [-0.39, 0.29) is 11.5 Å². The summed E-state index contributed by atoms with van der Waals surface area (Å²) in [5, 5.41) is 4.47. The molecule has 0 saturated heterocycles. The molecule has 4 nitrogen and oxygen atoms in total. The van der Waals surface area contributed by atoms with Gasteiger partial charge in [0.2, 0.25) is 11.7 Å². The van der Waals surface area contributed by atoms with Crippen molar-refractivity contribution in [3.8, 4) is 0 Å². The average Bonchev–Trinajstić information content (AvgIpc) is 3.11. The lowest BCUT2D eigenvalue weighted by molar-refractivity contribution is -0.111. The van der Waals surface area contributed by atoms with Crippen molar-refractivity contribution in [2.45, 2.75) is 0 Å². The van der Waals surface area contributed by atoms with Crippen molar-refractivity contribution in [1.82, 2.24) is 0 Å². The Hall–Kier alpha value is -3.34. The van der Waals surface area contributed by atoms with E-state index in [2.05, 4.69) is 5.32 Å². The smallest absolute Gasteiger partial charge is 0.248 e. The molecule has 0 bridgehead atoms. The number of furan rings is 1. The maximum absolute atomic E-state index is 13.0. The highest BCUT2D eigenvalue weighted by molar-refractivity contribution is 6.32. The summed E-state index contributed by atoms with van der Waals surface area (Å²) < 4.78 is 5.79. The van der Waals surface area contributed by atoms with E-state index < -0.39 is 5.91 Å². The van der Waals surface area contributed by atoms with Gasteiger partial charge in [-0.25, -0.2) is 0 Å². The molecule has 30 heavy (non-hydrogen) atoms. The molecule has 1 N–H and O–H groups in total. The zero-order valence-electron chi connectivity index (χ0n) is 15.6. The number of carbonyl (C=O) groups is 2. The number of nitrogens with one attached hydrogen (secondary N) is 1. The van der Waals surface area contributed by atoms with E-state index >= 15 is 0 Å². The molecule has 0 radical (unpaired) electrons. The molecule has 0 atom stereocenters. The Kier molecular flexibility index (Phi) is 5.70. The summed E-state index contributed by atoms with van der Waals surface area (Å²) in [7, 11) is 0. The van der Waals surface area contributed by atoms with Crippen molar-refractivity contribution in [2.75, 3.05) is 5.32 Å². The number of halogens is 2. The van der Waals surface area contributed by atoms with Gasteiger partial charge in [-0.2, -0.15) is 0 Å². The molecule has 4 rings (SSSR count). The summed E-state index contributed by atoms with van der Waals surface area (Å²) in [5.41, 5.74) is 1.93. The van der Waals surface area contributed by atoms with Crippen LogP contribution in [0.4, 0.5) is 5.69 Å². The van der Waals surface area contributed by atoms with Gasteiger partial charge in [0.1, 0.15) is 5.58 Å². The van der Waals surface area contributed by atoms with Crippen LogP contribution in [-0.2, 0) is 4.79 Å². The molecule has 0 fully saturated rings. The Balaban J connectivity index is 1.68. The third kappa shape index (κ3) is 4.15. The molecule has 0 unspecified atom stereocenters. The van der Waals surface area contributed by atoms with Crippen LogP contribution >= 0.6 is 23.2 Å². The Bertz CT molecular complexity index is 1270. The fourth-order valence-electron chi connectivity index (χ4n) is 3.00. The molecular formula is C24H15Cl2NO3. The summed E-state index contributed by atoms with van der Waals surface area (Å²) >= 11 is 12.0. The van der Waals surface area contributed by atoms with Crippen LogP contribution in [0.2, 0.25) is 10.0 Å². The number of hydrogen-bond donors (Lipinski definition) is 1. The standard InChI is InChI=1S/C24H15Cl2NO3/c25-17-12-9-16(10-13-17)23(29)24-22(18-6-2-4-8-20(18)30-24)27-21(28)14-11-15-5-1-3-7-19(15)26/h1-14H,(H,27,28)/b14-11+. The fraction of sp³-hybridized carbons (Fsp3) is 0. The van der Waals surface area contributed by atoms with E-state index in [0.29, 0.717) is 37.8 Å². The van der Waals surface area contributed by atoms with Crippen molar-refractivity contribution in [1.29, 1.82) is 0 Å². The Morgan fingerprint density at radius 1 is 0.867 bits per heavy atom. The molecule has 4 aromatic rings. The summed E-state index contributed by atoms with van der Waals surface area (Å²) in [6, 6.07) is 20.8. The van der Waals surface area contributed by atoms with Gasteiger partial charge in [0, 0.05) is 27.1 Å². The SMILES string of the molecule is O=C(/C=C/c1ccccc1Cl)Nc1c(C(=O)c2ccc(Cl)cc2)oc2ccccc12. The van der Waals surface area contributed by atoms with Crippen molar-refractivity contribution < 1.29 is 14.0 Å². The number of benzene rings is 3. The summed E-state index contributed by atoms with van der Waals surface area (Å²) in [6.07, 6.45) is 2.97.